The van der Waals surface area contributed by atoms with Crippen molar-refractivity contribution in [2.75, 3.05) is 6.61 Å². The van der Waals surface area contributed by atoms with Gasteiger partial charge >= 0.3 is 0 Å². The lowest BCUT2D eigenvalue weighted by Crippen LogP contribution is -2.33. The summed E-state index contributed by atoms with van der Waals surface area (Å²) in [5.74, 6) is -0.402. The van der Waals surface area contributed by atoms with Gasteiger partial charge in [-0.3, -0.25) is 9.59 Å². The van der Waals surface area contributed by atoms with Crippen molar-refractivity contribution in [1.29, 1.82) is 0 Å². The molecule has 0 saturated heterocycles. The van der Waals surface area contributed by atoms with Crippen LogP contribution in [0.4, 0.5) is 0 Å². The van der Waals surface area contributed by atoms with Gasteiger partial charge in [-0.2, -0.15) is 0 Å². The highest BCUT2D eigenvalue weighted by molar-refractivity contribution is 5.78. The summed E-state index contributed by atoms with van der Waals surface area (Å²) in [7, 11) is 0. The van der Waals surface area contributed by atoms with Crippen LogP contribution in [0.5, 0.6) is 0 Å². The Morgan fingerprint density at radius 1 is 1.25 bits per heavy atom. The third-order valence-electron chi connectivity index (χ3n) is 3.86. The Hall–Kier alpha value is -2.40. The zero-order chi connectivity index (χ0) is 17.5. The normalized spacial score (nSPS) is 12.0. The maximum absolute atomic E-state index is 12.1. The van der Waals surface area contributed by atoms with Crippen LogP contribution in [0.3, 0.4) is 0 Å². The molecule has 0 saturated carbocycles. The van der Waals surface area contributed by atoms with Gasteiger partial charge in [0.1, 0.15) is 0 Å². The van der Waals surface area contributed by atoms with Gasteiger partial charge in [-0.15, -0.1) is 0 Å². The number of aryl methyl sites for hydroxylation is 2. The van der Waals surface area contributed by atoms with E-state index in [0.29, 0.717) is 18.8 Å². The van der Waals surface area contributed by atoms with Crippen LogP contribution in [0.2, 0.25) is 0 Å². The Morgan fingerprint density at radius 3 is 2.62 bits per heavy atom. The zero-order valence-corrected chi connectivity index (χ0v) is 14.4. The molecule has 1 atom stereocenters. The molecular weight excluding hydrogens is 304 g/mol. The van der Waals surface area contributed by atoms with Crippen molar-refractivity contribution in [3.63, 3.8) is 0 Å². The number of amides is 1. The number of benzene rings is 1. The van der Waals surface area contributed by atoms with Crippen molar-refractivity contribution in [3.05, 3.63) is 69.1 Å². The van der Waals surface area contributed by atoms with E-state index < -0.39 is 0 Å². The number of rotatable bonds is 7. The van der Waals surface area contributed by atoms with Crippen molar-refractivity contribution >= 4 is 5.91 Å². The van der Waals surface area contributed by atoms with Crippen LogP contribution in [0, 0.1) is 19.8 Å². The van der Waals surface area contributed by atoms with Gasteiger partial charge in [-0.05, 0) is 31.0 Å². The van der Waals surface area contributed by atoms with Gasteiger partial charge in [0.2, 0.25) is 5.91 Å². The molecule has 0 spiro atoms. The predicted octanol–water partition coefficient (Wildman–Crippen LogP) is 2.46. The first-order chi connectivity index (χ1) is 11.5. The highest BCUT2D eigenvalue weighted by atomic mass is 16.5. The van der Waals surface area contributed by atoms with Crippen LogP contribution >= 0.6 is 0 Å². The van der Waals surface area contributed by atoms with Crippen molar-refractivity contribution in [2.24, 2.45) is 5.92 Å². The molecule has 2 rings (SSSR count). The molecule has 0 aliphatic heterocycles. The van der Waals surface area contributed by atoms with Crippen LogP contribution in [-0.2, 0) is 22.7 Å². The molecule has 0 fully saturated rings. The van der Waals surface area contributed by atoms with Gasteiger partial charge in [0, 0.05) is 17.8 Å². The second-order valence-corrected chi connectivity index (χ2v) is 6.06. The summed E-state index contributed by atoms with van der Waals surface area (Å²) < 4.78 is 5.59. The number of H-pyrrole nitrogens is 1. The van der Waals surface area contributed by atoms with E-state index in [1.807, 2.05) is 57.2 Å². The molecule has 0 radical (unpaired) electrons. The van der Waals surface area contributed by atoms with E-state index in [9.17, 15) is 9.59 Å². The summed E-state index contributed by atoms with van der Waals surface area (Å²) in [6, 6.07) is 11.7. The second kappa shape index (κ2) is 8.45. The fourth-order valence-corrected chi connectivity index (χ4v) is 2.45. The molecule has 2 aromatic rings. The number of ether oxygens (including phenoxy) is 1. The summed E-state index contributed by atoms with van der Waals surface area (Å²) in [5.41, 5.74) is 3.21. The van der Waals surface area contributed by atoms with E-state index in [1.54, 1.807) is 0 Å². The van der Waals surface area contributed by atoms with Crippen LogP contribution in [0.25, 0.3) is 0 Å². The minimum atomic E-state index is -0.279. The van der Waals surface area contributed by atoms with Gasteiger partial charge in [0.05, 0.1) is 19.1 Å². The minimum absolute atomic E-state index is 0.123. The van der Waals surface area contributed by atoms with Crippen molar-refractivity contribution < 1.29 is 9.53 Å². The largest absolute Gasteiger partial charge is 0.376 e. The number of hydrogen-bond donors (Lipinski definition) is 2. The van der Waals surface area contributed by atoms with Crippen LogP contribution in [0.1, 0.15) is 29.3 Å². The van der Waals surface area contributed by atoms with Gasteiger partial charge < -0.3 is 15.0 Å². The van der Waals surface area contributed by atoms with Crippen molar-refractivity contribution in [1.82, 2.24) is 10.3 Å². The van der Waals surface area contributed by atoms with Gasteiger partial charge in [-0.1, -0.05) is 37.3 Å². The Morgan fingerprint density at radius 2 is 1.96 bits per heavy atom. The van der Waals surface area contributed by atoms with E-state index in [0.717, 1.165) is 16.8 Å². The number of aromatic nitrogens is 1. The topological polar surface area (TPSA) is 71.2 Å². The molecule has 1 aromatic carbocycles. The van der Waals surface area contributed by atoms with E-state index in [1.165, 1.54) is 0 Å². The monoisotopic (exact) mass is 328 g/mol. The SMILES string of the molecule is Cc1cc(C)c(CNC(=O)C(C)COCc2ccccc2)c(=O)[nH]1. The highest BCUT2D eigenvalue weighted by Crippen LogP contribution is 2.06. The highest BCUT2D eigenvalue weighted by Gasteiger charge is 2.14. The molecule has 5 heteroatoms. The van der Waals surface area contributed by atoms with Gasteiger partial charge in [0.25, 0.3) is 5.56 Å². The summed E-state index contributed by atoms with van der Waals surface area (Å²) in [4.78, 5) is 26.8. The maximum atomic E-state index is 12.1. The summed E-state index contributed by atoms with van der Waals surface area (Å²) in [6.07, 6.45) is 0. The molecule has 0 bridgehead atoms. The first-order valence-electron chi connectivity index (χ1n) is 8.06. The fraction of sp³-hybridized carbons (Fsp3) is 0.368. The first-order valence-corrected chi connectivity index (χ1v) is 8.06. The van der Waals surface area contributed by atoms with Gasteiger partial charge in [-0.25, -0.2) is 0 Å². The molecule has 1 amide bonds. The van der Waals surface area contributed by atoms with E-state index in [4.69, 9.17) is 4.74 Å². The lowest BCUT2D eigenvalue weighted by molar-refractivity contribution is -0.126. The Kier molecular flexibility index (Phi) is 6.32. The second-order valence-electron chi connectivity index (χ2n) is 6.06. The summed E-state index contributed by atoms with van der Waals surface area (Å²) >= 11 is 0. The van der Waals surface area contributed by atoms with Crippen LogP contribution < -0.4 is 10.9 Å². The fourth-order valence-electron chi connectivity index (χ4n) is 2.45. The molecule has 0 aliphatic carbocycles. The summed E-state index contributed by atoms with van der Waals surface area (Å²) in [6.45, 7) is 6.56. The molecule has 1 unspecified atom stereocenters. The molecule has 24 heavy (non-hydrogen) atoms. The number of hydrogen-bond acceptors (Lipinski definition) is 3. The number of pyridine rings is 1. The van der Waals surface area contributed by atoms with Gasteiger partial charge in [0.15, 0.2) is 0 Å². The van der Waals surface area contributed by atoms with E-state index in [-0.39, 0.29) is 23.9 Å². The molecule has 5 nitrogen and oxygen atoms in total. The molecule has 1 aromatic heterocycles. The quantitative estimate of drug-likeness (QED) is 0.820. The third kappa shape index (κ3) is 5.06. The van der Waals surface area contributed by atoms with E-state index in [2.05, 4.69) is 10.3 Å². The summed E-state index contributed by atoms with van der Waals surface area (Å²) in [5, 5.41) is 2.81. The third-order valence-corrected chi connectivity index (χ3v) is 3.86. The lowest BCUT2D eigenvalue weighted by Gasteiger charge is -2.13. The van der Waals surface area contributed by atoms with Crippen LogP contribution in [-0.4, -0.2) is 17.5 Å². The average Bonchev–Trinajstić information content (AvgIpc) is 2.54. The van der Waals surface area contributed by atoms with Crippen molar-refractivity contribution in [3.8, 4) is 0 Å². The first kappa shape index (κ1) is 17.9. The lowest BCUT2D eigenvalue weighted by atomic mass is 10.1. The van der Waals surface area contributed by atoms with Crippen molar-refractivity contribution in [2.45, 2.75) is 33.9 Å². The number of nitrogens with one attached hydrogen (secondary N) is 2. The molecule has 2 N–H and O–H groups in total. The molecular formula is C19H24N2O3. The number of aromatic amines is 1. The predicted molar refractivity (Wildman–Crippen MR) is 93.6 cm³/mol. The average molecular weight is 328 g/mol. The maximum Gasteiger partial charge on any atom is 0.253 e. The molecule has 1 heterocycles. The smallest absolute Gasteiger partial charge is 0.253 e. The Balaban J connectivity index is 1.81. The molecule has 128 valence electrons. The number of carbonyl (C=O) groups excluding carboxylic acids is 1. The Labute approximate surface area is 142 Å². The molecule has 0 aliphatic rings. The minimum Gasteiger partial charge on any atom is -0.376 e. The van der Waals surface area contributed by atoms with Crippen LogP contribution in [0.15, 0.2) is 41.2 Å². The number of carbonyl (C=O) groups is 1. The zero-order valence-electron chi connectivity index (χ0n) is 14.4. The van der Waals surface area contributed by atoms with E-state index >= 15 is 0 Å². The Bertz CT molecular complexity index is 738. The standard InChI is InChI=1S/C19H24N2O3/c1-13-9-15(3)21-19(23)17(13)10-20-18(22)14(2)11-24-12-16-7-5-4-6-8-16/h4-9,14H,10-12H2,1-3H3,(H,20,22)(H,21,23).